The van der Waals surface area contributed by atoms with Gasteiger partial charge in [-0.3, -0.25) is 15.0 Å². The smallest absolute Gasteiger partial charge is 0.321 e. The number of urea groups is 1. The van der Waals surface area contributed by atoms with Crippen LogP contribution in [0.2, 0.25) is 0 Å². The van der Waals surface area contributed by atoms with Crippen LogP contribution in [-0.4, -0.2) is 29.4 Å². The van der Waals surface area contributed by atoms with Crippen LogP contribution in [0.1, 0.15) is 49.5 Å². The Bertz CT molecular complexity index is 749. The Hall–Kier alpha value is -2.60. The number of nitrogens with one attached hydrogen (secondary N) is 2. The quantitative estimate of drug-likeness (QED) is 0.748. The van der Waals surface area contributed by atoms with Gasteiger partial charge in [0.1, 0.15) is 5.76 Å². The van der Waals surface area contributed by atoms with Crippen molar-refractivity contribution < 1.29 is 14.0 Å². The van der Waals surface area contributed by atoms with Gasteiger partial charge in [-0.05, 0) is 42.0 Å². The SMILES string of the molecule is CC(C)c1ccc(CN(CC(=O)NC(=O)NCc2ccco2)C2CC2)cc1. The molecule has 1 aromatic carbocycles. The Balaban J connectivity index is 1.48. The van der Waals surface area contributed by atoms with Gasteiger partial charge in [0.15, 0.2) is 0 Å². The number of nitrogens with zero attached hydrogens (tertiary/aromatic N) is 1. The molecule has 1 saturated carbocycles. The summed E-state index contributed by atoms with van der Waals surface area (Å²) in [5, 5.41) is 5.01. The third kappa shape index (κ3) is 5.96. The lowest BCUT2D eigenvalue weighted by atomic mass is 10.0. The molecule has 6 heteroatoms. The zero-order valence-electron chi connectivity index (χ0n) is 15.9. The zero-order valence-corrected chi connectivity index (χ0v) is 15.9. The van der Waals surface area contributed by atoms with Crippen molar-refractivity contribution in [2.45, 2.75) is 51.7 Å². The number of carbonyl (C=O) groups is 2. The van der Waals surface area contributed by atoms with E-state index in [-0.39, 0.29) is 19.0 Å². The van der Waals surface area contributed by atoms with Gasteiger partial charge in [-0.1, -0.05) is 38.1 Å². The predicted octanol–water partition coefficient (Wildman–Crippen LogP) is 3.39. The molecule has 1 aliphatic rings. The molecule has 0 radical (unpaired) electrons. The van der Waals surface area contributed by atoms with Gasteiger partial charge in [0.25, 0.3) is 0 Å². The molecule has 0 aliphatic heterocycles. The largest absolute Gasteiger partial charge is 0.467 e. The number of hydrogen-bond donors (Lipinski definition) is 2. The maximum Gasteiger partial charge on any atom is 0.321 e. The second-order valence-electron chi connectivity index (χ2n) is 7.34. The molecule has 144 valence electrons. The van der Waals surface area contributed by atoms with Gasteiger partial charge in [0, 0.05) is 12.6 Å². The molecule has 1 fully saturated rings. The Morgan fingerprint density at radius 2 is 1.93 bits per heavy atom. The second kappa shape index (κ2) is 8.86. The minimum absolute atomic E-state index is 0.213. The monoisotopic (exact) mass is 369 g/mol. The van der Waals surface area contributed by atoms with E-state index in [9.17, 15) is 9.59 Å². The first-order valence-electron chi connectivity index (χ1n) is 9.44. The fourth-order valence-corrected chi connectivity index (χ4v) is 2.97. The van der Waals surface area contributed by atoms with E-state index < -0.39 is 6.03 Å². The highest BCUT2D eigenvalue weighted by Gasteiger charge is 2.30. The molecule has 0 saturated heterocycles. The molecule has 3 rings (SSSR count). The van der Waals surface area contributed by atoms with Gasteiger partial charge < -0.3 is 9.73 Å². The van der Waals surface area contributed by atoms with Crippen molar-refractivity contribution in [1.82, 2.24) is 15.5 Å². The highest BCUT2D eigenvalue weighted by molar-refractivity contribution is 5.95. The summed E-state index contributed by atoms with van der Waals surface area (Å²) in [6.07, 6.45) is 3.74. The third-order valence-corrected chi connectivity index (χ3v) is 4.70. The van der Waals surface area contributed by atoms with Crippen LogP contribution in [-0.2, 0) is 17.9 Å². The number of hydrogen-bond acceptors (Lipinski definition) is 4. The summed E-state index contributed by atoms with van der Waals surface area (Å²) in [4.78, 5) is 26.3. The van der Waals surface area contributed by atoms with E-state index >= 15 is 0 Å². The van der Waals surface area contributed by atoms with E-state index in [4.69, 9.17) is 4.42 Å². The number of benzene rings is 1. The van der Waals surface area contributed by atoms with Gasteiger partial charge in [-0.2, -0.15) is 0 Å². The molecule has 0 spiro atoms. The Morgan fingerprint density at radius 3 is 2.52 bits per heavy atom. The van der Waals surface area contributed by atoms with Gasteiger partial charge in [-0.15, -0.1) is 0 Å². The van der Waals surface area contributed by atoms with Crippen LogP contribution in [0.3, 0.4) is 0 Å². The van der Waals surface area contributed by atoms with Crippen molar-refractivity contribution in [3.63, 3.8) is 0 Å². The highest BCUT2D eigenvalue weighted by atomic mass is 16.3. The third-order valence-electron chi connectivity index (χ3n) is 4.70. The molecular weight excluding hydrogens is 342 g/mol. The van der Waals surface area contributed by atoms with E-state index in [1.807, 2.05) is 0 Å². The molecule has 2 N–H and O–H groups in total. The predicted molar refractivity (Wildman–Crippen MR) is 103 cm³/mol. The van der Waals surface area contributed by atoms with E-state index in [1.165, 1.54) is 11.1 Å². The Morgan fingerprint density at radius 1 is 1.19 bits per heavy atom. The van der Waals surface area contributed by atoms with Gasteiger partial charge in [0.05, 0.1) is 19.4 Å². The van der Waals surface area contributed by atoms with Crippen molar-refractivity contribution in [2.75, 3.05) is 6.54 Å². The normalized spacial score (nSPS) is 13.8. The van der Waals surface area contributed by atoms with Crippen LogP contribution in [0, 0.1) is 0 Å². The fourth-order valence-electron chi connectivity index (χ4n) is 2.97. The van der Waals surface area contributed by atoms with E-state index in [0.29, 0.717) is 24.3 Å². The zero-order chi connectivity index (χ0) is 19.2. The first-order chi connectivity index (χ1) is 13.0. The highest BCUT2D eigenvalue weighted by Crippen LogP contribution is 2.28. The summed E-state index contributed by atoms with van der Waals surface area (Å²) < 4.78 is 5.15. The van der Waals surface area contributed by atoms with Crippen LogP contribution in [0.15, 0.2) is 47.1 Å². The van der Waals surface area contributed by atoms with Crippen LogP contribution >= 0.6 is 0 Å². The standard InChI is InChI=1S/C21H27N3O3/c1-15(2)17-7-5-16(6-8-17)13-24(18-9-10-18)14-20(25)23-21(26)22-12-19-4-3-11-27-19/h3-8,11,15,18H,9-10,12-14H2,1-2H3,(H2,22,23,25,26). The molecule has 1 aromatic heterocycles. The molecule has 6 nitrogen and oxygen atoms in total. The number of amides is 3. The van der Waals surface area contributed by atoms with Crippen molar-refractivity contribution in [1.29, 1.82) is 0 Å². The van der Waals surface area contributed by atoms with Gasteiger partial charge >= 0.3 is 6.03 Å². The molecule has 3 amide bonds. The second-order valence-corrected chi connectivity index (χ2v) is 7.34. The first kappa shape index (κ1) is 19.2. The first-order valence-corrected chi connectivity index (χ1v) is 9.44. The van der Waals surface area contributed by atoms with E-state index in [2.05, 4.69) is 53.6 Å². The maximum atomic E-state index is 12.3. The summed E-state index contributed by atoms with van der Waals surface area (Å²) in [7, 11) is 0. The van der Waals surface area contributed by atoms with Crippen LogP contribution in [0.4, 0.5) is 4.79 Å². The van der Waals surface area contributed by atoms with Crippen LogP contribution in [0.25, 0.3) is 0 Å². The lowest BCUT2D eigenvalue weighted by Crippen LogP contribution is -2.44. The van der Waals surface area contributed by atoms with Crippen molar-refractivity contribution in [2.24, 2.45) is 0 Å². The lowest BCUT2D eigenvalue weighted by molar-refractivity contribution is -0.121. The lowest BCUT2D eigenvalue weighted by Gasteiger charge is -2.21. The molecule has 27 heavy (non-hydrogen) atoms. The topological polar surface area (TPSA) is 74.6 Å². The van der Waals surface area contributed by atoms with Gasteiger partial charge in [0.2, 0.25) is 5.91 Å². The molecule has 2 aromatic rings. The minimum Gasteiger partial charge on any atom is -0.467 e. The molecule has 0 bridgehead atoms. The average molecular weight is 369 g/mol. The summed E-state index contributed by atoms with van der Waals surface area (Å²) in [5.74, 6) is 0.851. The Labute approximate surface area is 159 Å². The average Bonchev–Trinajstić information content (AvgIpc) is 3.35. The number of imide groups is 1. The Kier molecular flexibility index (Phi) is 6.29. The van der Waals surface area contributed by atoms with E-state index in [1.54, 1.807) is 18.4 Å². The number of rotatable bonds is 8. The summed E-state index contributed by atoms with van der Waals surface area (Å²) in [6.45, 7) is 5.52. The van der Waals surface area contributed by atoms with E-state index in [0.717, 1.165) is 12.8 Å². The van der Waals surface area contributed by atoms with Crippen LogP contribution in [0.5, 0.6) is 0 Å². The molecular formula is C21H27N3O3. The summed E-state index contributed by atoms with van der Waals surface area (Å²) >= 11 is 0. The molecule has 1 aliphatic carbocycles. The molecule has 0 atom stereocenters. The minimum atomic E-state index is -0.506. The summed E-state index contributed by atoms with van der Waals surface area (Å²) in [6, 6.07) is 12.0. The molecule has 1 heterocycles. The summed E-state index contributed by atoms with van der Waals surface area (Å²) in [5.41, 5.74) is 2.49. The number of carbonyl (C=O) groups excluding carboxylic acids is 2. The van der Waals surface area contributed by atoms with Gasteiger partial charge in [-0.25, -0.2) is 4.79 Å². The molecule has 0 unspecified atom stereocenters. The number of furan rings is 1. The maximum absolute atomic E-state index is 12.3. The van der Waals surface area contributed by atoms with Crippen LogP contribution < -0.4 is 10.6 Å². The van der Waals surface area contributed by atoms with Crippen molar-refractivity contribution in [3.8, 4) is 0 Å². The van der Waals surface area contributed by atoms with Crippen molar-refractivity contribution >= 4 is 11.9 Å². The van der Waals surface area contributed by atoms with Crippen molar-refractivity contribution in [3.05, 3.63) is 59.5 Å². The fraction of sp³-hybridized carbons (Fsp3) is 0.429.